The molecule has 2 saturated heterocycles. The highest BCUT2D eigenvalue weighted by Gasteiger charge is 2.22. The first-order valence-corrected chi connectivity index (χ1v) is 8.12. The zero-order valence-corrected chi connectivity index (χ0v) is 12.8. The fraction of sp³-hybridized carbons (Fsp3) is 0.529. The molecule has 2 fully saturated rings. The molecule has 0 aliphatic carbocycles. The van der Waals surface area contributed by atoms with Gasteiger partial charge in [0.1, 0.15) is 0 Å². The van der Waals surface area contributed by atoms with Gasteiger partial charge in [0, 0.05) is 31.1 Å². The molecule has 2 N–H and O–H groups in total. The minimum absolute atomic E-state index is 0.141. The third-order valence-corrected chi connectivity index (χ3v) is 4.50. The van der Waals surface area contributed by atoms with Crippen LogP contribution in [-0.4, -0.2) is 31.4 Å². The van der Waals surface area contributed by atoms with Gasteiger partial charge in [-0.3, -0.25) is 9.59 Å². The molecule has 1 aromatic carbocycles. The number of anilines is 1. The van der Waals surface area contributed by atoms with Crippen LogP contribution in [0.4, 0.5) is 5.69 Å². The number of carbonyl (C=O) groups excluding carboxylic acids is 2. The number of nitrogens with zero attached hydrogens (tertiary/aromatic N) is 1. The molecule has 118 valence electrons. The van der Waals surface area contributed by atoms with Crippen molar-refractivity contribution in [1.82, 2.24) is 10.6 Å². The van der Waals surface area contributed by atoms with Crippen LogP contribution < -0.4 is 15.5 Å². The average molecular weight is 301 g/mol. The van der Waals surface area contributed by atoms with Gasteiger partial charge in [0.15, 0.2) is 0 Å². The summed E-state index contributed by atoms with van der Waals surface area (Å²) in [6, 6.07) is 7.91. The zero-order valence-electron chi connectivity index (χ0n) is 12.8. The quantitative estimate of drug-likeness (QED) is 0.884. The fourth-order valence-electron chi connectivity index (χ4n) is 3.13. The molecule has 0 saturated carbocycles. The summed E-state index contributed by atoms with van der Waals surface area (Å²) in [5.74, 6) is 0.495. The SMILES string of the molecule is O=C(NCc1ccc(N2CCCC2=O)cc1)C1CCNCC1. The monoisotopic (exact) mass is 301 g/mol. The first-order valence-electron chi connectivity index (χ1n) is 8.12. The maximum atomic E-state index is 12.1. The molecule has 0 bridgehead atoms. The first kappa shape index (κ1) is 15.0. The standard InChI is InChI=1S/C17H23N3O2/c21-16-2-1-11-20(16)15-5-3-13(4-6-15)12-19-17(22)14-7-9-18-10-8-14/h3-6,14,18H,1-2,7-12H2,(H,19,22). The smallest absolute Gasteiger partial charge is 0.227 e. The Kier molecular flexibility index (Phi) is 4.73. The molecule has 0 aromatic heterocycles. The van der Waals surface area contributed by atoms with Crippen molar-refractivity contribution in [1.29, 1.82) is 0 Å². The molecular formula is C17H23N3O2. The summed E-state index contributed by atoms with van der Waals surface area (Å²) in [6.07, 6.45) is 3.42. The Morgan fingerprint density at radius 1 is 1.23 bits per heavy atom. The van der Waals surface area contributed by atoms with E-state index in [1.165, 1.54) is 0 Å². The summed E-state index contributed by atoms with van der Waals surface area (Å²) in [7, 11) is 0. The molecule has 5 nitrogen and oxygen atoms in total. The Morgan fingerprint density at radius 2 is 1.95 bits per heavy atom. The van der Waals surface area contributed by atoms with E-state index in [2.05, 4.69) is 10.6 Å². The Bertz CT molecular complexity index is 535. The van der Waals surface area contributed by atoms with Gasteiger partial charge in [0.2, 0.25) is 11.8 Å². The van der Waals surface area contributed by atoms with Crippen LogP contribution in [0.15, 0.2) is 24.3 Å². The van der Waals surface area contributed by atoms with E-state index in [4.69, 9.17) is 0 Å². The maximum absolute atomic E-state index is 12.1. The van der Waals surface area contributed by atoms with Crippen molar-refractivity contribution in [3.05, 3.63) is 29.8 Å². The van der Waals surface area contributed by atoms with Gasteiger partial charge >= 0.3 is 0 Å². The van der Waals surface area contributed by atoms with E-state index in [1.807, 2.05) is 29.2 Å². The Balaban J connectivity index is 1.52. The molecular weight excluding hydrogens is 278 g/mol. The van der Waals surface area contributed by atoms with Crippen LogP contribution in [0.1, 0.15) is 31.2 Å². The highest BCUT2D eigenvalue weighted by Crippen LogP contribution is 2.21. The van der Waals surface area contributed by atoms with Crippen LogP contribution in [-0.2, 0) is 16.1 Å². The number of carbonyl (C=O) groups is 2. The van der Waals surface area contributed by atoms with Crippen LogP contribution in [0.5, 0.6) is 0 Å². The molecule has 3 rings (SSSR count). The third-order valence-electron chi connectivity index (χ3n) is 4.50. The number of hydrogen-bond acceptors (Lipinski definition) is 3. The molecule has 0 radical (unpaired) electrons. The Labute approximate surface area is 131 Å². The van der Waals surface area contributed by atoms with E-state index in [0.29, 0.717) is 13.0 Å². The van der Waals surface area contributed by atoms with Crippen molar-refractivity contribution in [3.63, 3.8) is 0 Å². The van der Waals surface area contributed by atoms with Crippen molar-refractivity contribution >= 4 is 17.5 Å². The van der Waals surface area contributed by atoms with E-state index in [9.17, 15) is 9.59 Å². The summed E-state index contributed by atoms with van der Waals surface area (Å²) in [6.45, 7) is 3.22. The lowest BCUT2D eigenvalue weighted by atomic mass is 9.97. The summed E-state index contributed by atoms with van der Waals surface area (Å²) in [5.41, 5.74) is 2.02. The average Bonchev–Trinajstić information content (AvgIpc) is 3.00. The normalized spacial score (nSPS) is 19.5. The lowest BCUT2D eigenvalue weighted by molar-refractivity contribution is -0.125. The lowest BCUT2D eigenvalue weighted by Gasteiger charge is -2.22. The van der Waals surface area contributed by atoms with Gasteiger partial charge in [0.05, 0.1) is 0 Å². The largest absolute Gasteiger partial charge is 0.352 e. The molecule has 2 amide bonds. The van der Waals surface area contributed by atoms with Crippen LogP contribution in [0.3, 0.4) is 0 Å². The van der Waals surface area contributed by atoms with E-state index in [0.717, 1.165) is 50.1 Å². The lowest BCUT2D eigenvalue weighted by Crippen LogP contribution is -2.37. The van der Waals surface area contributed by atoms with E-state index in [-0.39, 0.29) is 17.7 Å². The van der Waals surface area contributed by atoms with Crippen LogP contribution >= 0.6 is 0 Å². The van der Waals surface area contributed by atoms with Crippen molar-refractivity contribution in [3.8, 4) is 0 Å². The second kappa shape index (κ2) is 6.92. The van der Waals surface area contributed by atoms with Crippen molar-refractivity contribution < 1.29 is 9.59 Å². The molecule has 2 aliphatic heterocycles. The second-order valence-electron chi connectivity index (χ2n) is 6.06. The van der Waals surface area contributed by atoms with E-state index in [1.54, 1.807) is 0 Å². The topological polar surface area (TPSA) is 61.4 Å². The van der Waals surface area contributed by atoms with Crippen LogP contribution in [0.25, 0.3) is 0 Å². The first-order chi connectivity index (χ1) is 10.7. The number of nitrogens with one attached hydrogen (secondary N) is 2. The summed E-state index contributed by atoms with van der Waals surface area (Å²) >= 11 is 0. The predicted octanol–water partition coefficient (Wildman–Crippen LogP) is 1.43. The minimum atomic E-state index is 0.141. The van der Waals surface area contributed by atoms with E-state index < -0.39 is 0 Å². The van der Waals surface area contributed by atoms with Gasteiger partial charge in [-0.2, -0.15) is 0 Å². The molecule has 0 unspecified atom stereocenters. The van der Waals surface area contributed by atoms with Crippen molar-refractivity contribution in [2.24, 2.45) is 5.92 Å². The molecule has 2 aliphatic rings. The minimum Gasteiger partial charge on any atom is -0.352 e. The number of piperidine rings is 1. The van der Waals surface area contributed by atoms with Crippen LogP contribution in [0, 0.1) is 5.92 Å². The molecule has 22 heavy (non-hydrogen) atoms. The molecule has 0 spiro atoms. The molecule has 2 heterocycles. The van der Waals surface area contributed by atoms with Gasteiger partial charge in [-0.05, 0) is 50.0 Å². The highest BCUT2D eigenvalue weighted by molar-refractivity contribution is 5.95. The molecule has 1 aromatic rings. The van der Waals surface area contributed by atoms with Gasteiger partial charge in [-0.25, -0.2) is 0 Å². The Morgan fingerprint density at radius 3 is 2.59 bits per heavy atom. The van der Waals surface area contributed by atoms with Crippen LogP contribution in [0.2, 0.25) is 0 Å². The number of benzene rings is 1. The zero-order chi connectivity index (χ0) is 15.4. The van der Waals surface area contributed by atoms with Crippen molar-refractivity contribution in [2.45, 2.75) is 32.2 Å². The second-order valence-corrected chi connectivity index (χ2v) is 6.06. The molecule has 5 heteroatoms. The Hall–Kier alpha value is -1.88. The van der Waals surface area contributed by atoms with Gasteiger partial charge in [0.25, 0.3) is 0 Å². The summed E-state index contributed by atoms with van der Waals surface area (Å²) in [4.78, 5) is 25.6. The van der Waals surface area contributed by atoms with Gasteiger partial charge in [-0.1, -0.05) is 12.1 Å². The van der Waals surface area contributed by atoms with Gasteiger partial charge < -0.3 is 15.5 Å². The summed E-state index contributed by atoms with van der Waals surface area (Å²) < 4.78 is 0. The van der Waals surface area contributed by atoms with E-state index >= 15 is 0 Å². The number of hydrogen-bond donors (Lipinski definition) is 2. The highest BCUT2D eigenvalue weighted by atomic mass is 16.2. The van der Waals surface area contributed by atoms with Crippen molar-refractivity contribution in [2.75, 3.05) is 24.5 Å². The fourth-order valence-corrected chi connectivity index (χ4v) is 3.13. The number of amides is 2. The maximum Gasteiger partial charge on any atom is 0.227 e. The van der Waals surface area contributed by atoms with Gasteiger partial charge in [-0.15, -0.1) is 0 Å². The number of rotatable bonds is 4. The predicted molar refractivity (Wildman–Crippen MR) is 85.5 cm³/mol. The summed E-state index contributed by atoms with van der Waals surface area (Å²) in [5, 5.41) is 6.29. The molecule has 0 atom stereocenters. The third kappa shape index (κ3) is 3.47.